The largest absolute Gasteiger partial charge is 0.396 e. The molecule has 2 aromatic rings. The molecule has 68 valence electrons. The molecule has 6 heteroatoms. The molecule has 0 fully saturated rings. The topological polar surface area (TPSA) is 72.5 Å². The van der Waals surface area contributed by atoms with E-state index in [9.17, 15) is 0 Å². The van der Waals surface area contributed by atoms with Crippen LogP contribution in [0.5, 0.6) is 0 Å². The maximum absolute atomic E-state index is 5.87. The Balaban J connectivity index is 2.64. The molecule has 13 heavy (non-hydrogen) atoms. The fourth-order valence-electron chi connectivity index (χ4n) is 1.17. The van der Waals surface area contributed by atoms with Gasteiger partial charge in [0.05, 0.1) is 18.2 Å². The van der Waals surface area contributed by atoms with Gasteiger partial charge in [0.1, 0.15) is 11.4 Å². The molecule has 0 saturated heterocycles. The van der Waals surface area contributed by atoms with E-state index in [0.29, 0.717) is 16.5 Å². The minimum absolute atomic E-state index is 0.415. The molecule has 3 N–H and O–H groups in total. The van der Waals surface area contributed by atoms with Crippen molar-refractivity contribution in [2.24, 2.45) is 7.05 Å². The first-order valence-corrected chi connectivity index (χ1v) is 4.04. The van der Waals surface area contributed by atoms with Gasteiger partial charge >= 0.3 is 0 Å². The van der Waals surface area contributed by atoms with Crippen LogP contribution >= 0.6 is 11.6 Å². The molecule has 0 aliphatic heterocycles. The van der Waals surface area contributed by atoms with Crippen molar-refractivity contribution in [1.29, 1.82) is 0 Å². The molecule has 0 atom stereocenters. The van der Waals surface area contributed by atoms with Gasteiger partial charge in [0, 0.05) is 7.05 Å². The third-order valence-electron chi connectivity index (χ3n) is 1.80. The van der Waals surface area contributed by atoms with Crippen molar-refractivity contribution in [1.82, 2.24) is 19.7 Å². The highest BCUT2D eigenvalue weighted by Crippen LogP contribution is 2.28. The molecule has 2 heterocycles. The van der Waals surface area contributed by atoms with Crippen LogP contribution in [0.3, 0.4) is 0 Å². The Morgan fingerprint density at radius 1 is 1.62 bits per heavy atom. The minimum atomic E-state index is 0.415. The maximum Gasteiger partial charge on any atom is 0.156 e. The number of hydrogen-bond donors (Lipinski definition) is 2. The van der Waals surface area contributed by atoms with Crippen LogP contribution in [0.15, 0.2) is 12.5 Å². The lowest BCUT2D eigenvalue weighted by Gasteiger charge is -2.00. The number of nitrogens with one attached hydrogen (secondary N) is 1. The quantitative estimate of drug-likeness (QED) is 0.718. The van der Waals surface area contributed by atoms with Crippen molar-refractivity contribution in [3.8, 4) is 11.4 Å². The lowest BCUT2D eigenvalue weighted by atomic mass is 10.3. The van der Waals surface area contributed by atoms with Crippen LogP contribution in [0.25, 0.3) is 11.4 Å². The molecule has 0 aliphatic carbocycles. The third kappa shape index (κ3) is 1.17. The Morgan fingerprint density at radius 2 is 2.38 bits per heavy atom. The number of halogens is 1. The highest BCUT2D eigenvalue weighted by atomic mass is 35.5. The van der Waals surface area contributed by atoms with Crippen LogP contribution in [0.1, 0.15) is 0 Å². The summed E-state index contributed by atoms with van der Waals surface area (Å²) in [7, 11) is 1.84. The zero-order valence-electron chi connectivity index (χ0n) is 6.95. The van der Waals surface area contributed by atoms with E-state index < -0.39 is 0 Å². The molecule has 2 rings (SSSR count). The smallest absolute Gasteiger partial charge is 0.156 e. The molecule has 0 saturated carbocycles. The second-order valence-electron chi connectivity index (χ2n) is 2.70. The Bertz CT molecular complexity index is 410. The van der Waals surface area contributed by atoms with E-state index in [1.165, 1.54) is 0 Å². The van der Waals surface area contributed by atoms with Gasteiger partial charge in [-0.15, -0.1) is 0 Å². The number of rotatable bonds is 1. The van der Waals surface area contributed by atoms with Crippen LogP contribution < -0.4 is 5.73 Å². The zero-order chi connectivity index (χ0) is 9.42. The van der Waals surface area contributed by atoms with Gasteiger partial charge < -0.3 is 10.3 Å². The molecular formula is C7H8ClN5. The van der Waals surface area contributed by atoms with Crippen molar-refractivity contribution in [3.05, 3.63) is 17.7 Å². The SMILES string of the molecule is Cn1cnc(Cl)c1-c1[nH]ncc1N. The standard InChI is InChI=1S/C7H8ClN5/c1-13-3-10-7(8)6(13)5-4(9)2-11-12-5/h2-3H,9H2,1H3,(H,11,12). The Hall–Kier alpha value is -1.49. The van der Waals surface area contributed by atoms with Crippen LogP contribution in [-0.4, -0.2) is 19.7 Å². The van der Waals surface area contributed by atoms with Gasteiger partial charge in [-0.2, -0.15) is 5.10 Å². The van der Waals surface area contributed by atoms with Gasteiger partial charge in [-0.25, -0.2) is 4.98 Å². The third-order valence-corrected chi connectivity index (χ3v) is 2.07. The predicted octanol–water partition coefficient (Wildman–Crippen LogP) is 1.05. The van der Waals surface area contributed by atoms with E-state index in [4.69, 9.17) is 17.3 Å². The van der Waals surface area contributed by atoms with Crippen LogP contribution in [0.4, 0.5) is 5.69 Å². The first-order chi connectivity index (χ1) is 6.20. The first-order valence-electron chi connectivity index (χ1n) is 3.66. The summed E-state index contributed by atoms with van der Waals surface area (Å²) in [4.78, 5) is 3.94. The lowest BCUT2D eigenvalue weighted by molar-refractivity contribution is 0.913. The summed E-state index contributed by atoms with van der Waals surface area (Å²) in [5, 5.41) is 6.99. The van der Waals surface area contributed by atoms with E-state index >= 15 is 0 Å². The summed E-state index contributed by atoms with van der Waals surface area (Å²) >= 11 is 5.87. The molecule has 0 spiro atoms. The van der Waals surface area contributed by atoms with Gasteiger partial charge in [0.25, 0.3) is 0 Å². The van der Waals surface area contributed by atoms with Crippen LogP contribution in [0.2, 0.25) is 5.15 Å². The van der Waals surface area contributed by atoms with Crippen molar-refractivity contribution in [3.63, 3.8) is 0 Å². The van der Waals surface area contributed by atoms with Crippen molar-refractivity contribution >= 4 is 17.3 Å². The number of anilines is 1. The van der Waals surface area contributed by atoms with E-state index in [1.807, 2.05) is 7.05 Å². The van der Waals surface area contributed by atoms with E-state index in [-0.39, 0.29) is 0 Å². The number of nitrogens with zero attached hydrogens (tertiary/aromatic N) is 3. The molecular weight excluding hydrogens is 190 g/mol. The number of aryl methyl sites for hydroxylation is 1. The van der Waals surface area contributed by atoms with Gasteiger partial charge in [-0.3, -0.25) is 5.10 Å². The lowest BCUT2D eigenvalue weighted by Crippen LogP contribution is -1.93. The minimum Gasteiger partial charge on any atom is -0.396 e. The number of H-pyrrole nitrogens is 1. The van der Waals surface area contributed by atoms with Crippen molar-refractivity contribution in [2.75, 3.05) is 5.73 Å². The highest BCUT2D eigenvalue weighted by Gasteiger charge is 2.13. The number of hydrogen-bond acceptors (Lipinski definition) is 3. The van der Waals surface area contributed by atoms with Crippen molar-refractivity contribution < 1.29 is 0 Å². The maximum atomic E-state index is 5.87. The van der Waals surface area contributed by atoms with Gasteiger partial charge in [-0.05, 0) is 0 Å². The number of aromatic nitrogens is 4. The molecule has 0 unspecified atom stereocenters. The fraction of sp³-hybridized carbons (Fsp3) is 0.143. The summed E-state index contributed by atoms with van der Waals surface area (Å²) in [6.45, 7) is 0. The first kappa shape index (κ1) is 8.12. The molecule has 5 nitrogen and oxygen atoms in total. The number of imidazole rings is 1. The summed E-state index contributed by atoms with van der Waals surface area (Å²) in [5.41, 5.74) is 7.68. The number of nitrogens with two attached hydrogens (primary N) is 1. The van der Waals surface area contributed by atoms with Crippen LogP contribution in [0, 0.1) is 0 Å². The fourth-order valence-corrected chi connectivity index (χ4v) is 1.44. The molecule has 0 aliphatic rings. The van der Waals surface area contributed by atoms with Gasteiger partial charge in [0.15, 0.2) is 5.15 Å². The second-order valence-corrected chi connectivity index (χ2v) is 3.05. The molecule has 0 radical (unpaired) electrons. The van der Waals surface area contributed by atoms with E-state index in [2.05, 4.69) is 15.2 Å². The summed E-state index contributed by atoms with van der Waals surface area (Å²) in [5.74, 6) is 0. The van der Waals surface area contributed by atoms with Gasteiger partial charge in [0.2, 0.25) is 0 Å². The van der Waals surface area contributed by atoms with E-state index in [0.717, 1.165) is 5.69 Å². The summed E-state index contributed by atoms with van der Waals surface area (Å²) < 4.78 is 1.78. The normalized spacial score (nSPS) is 10.6. The average Bonchev–Trinajstić information content (AvgIpc) is 2.60. The highest BCUT2D eigenvalue weighted by molar-refractivity contribution is 6.32. The Labute approximate surface area is 79.5 Å². The Kier molecular flexibility index (Phi) is 1.73. The summed E-state index contributed by atoms with van der Waals surface area (Å²) in [6.07, 6.45) is 3.16. The van der Waals surface area contributed by atoms with Crippen molar-refractivity contribution in [2.45, 2.75) is 0 Å². The molecule has 0 amide bonds. The molecule has 2 aromatic heterocycles. The second kappa shape index (κ2) is 2.77. The molecule has 0 bridgehead atoms. The predicted molar refractivity (Wildman–Crippen MR) is 50.2 cm³/mol. The summed E-state index contributed by atoms with van der Waals surface area (Å²) in [6, 6.07) is 0. The molecule has 0 aromatic carbocycles. The number of nitrogen functional groups attached to an aromatic ring is 1. The van der Waals surface area contributed by atoms with Gasteiger partial charge in [-0.1, -0.05) is 11.6 Å². The van der Waals surface area contributed by atoms with Crippen LogP contribution in [-0.2, 0) is 7.05 Å². The zero-order valence-corrected chi connectivity index (χ0v) is 7.71. The monoisotopic (exact) mass is 197 g/mol. The number of aromatic amines is 1. The average molecular weight is 198 g/mol. The van der Waals surface area contributed by atoms with E-state index in [1.54, 1.807) is 17.1 Å². The Morgan fingerprint density at radius 3 is 2.85 bits per heavy atom.